The lowest BCUT2D eigenvalue weighted by molar-refractivity contribution is -0.120. The van der Waals surface area contributed by atoms with Gasteiger partial charge >= 0.3 is 0 Å². The van der Waals surface area contributed by atoms with Crippen LogP contribution in [0.2, 0.25) is 0 Å². The van der Waals surface area contributed by atoms with Crippen LogP contribution in [0.15, 0.2) is 54.7 Å². The van der Waals surface area contributed by atoms with Crippen molar-refractivity contribution >= 4 is 16.8 Å². The SMILES string of the molecule is O=C(Cc1ccc(F)cc1)NCCc1c[nH]c2ccccc12. The Bertz CT molecular complexity index is 777. The molecular weight excluding hydrogens is 279 g/mol. The first-order chi connectivity index (χ1) is 10.7. The van der Waals surface area contributed by atoms with Crippen LogP contribution in [-0.4, -0.2) is 17.4 Å². The first-order valence-electron chi connectivity index (χ1n) is 7.28. The first-order valence-corrected chi connectivity index (χ1v) is 7.28. The van der Waals surface area contributed by atoms with Gasteiger partial charge in [0.25, 0.3) is 0 Å². The molecule has 112 valence electrons. The minimum atomic E-state index is -0.288. The molecule has 1 heterocycles. The summed E-state index contributed by atoms with van der Waals surface area (Å²) in [4.78, 5) is 15.1. The fourth-order valence-corrected chi connectivity index (χ4v) is 2.53. The van der Waals surface area contributed by atoms with Crippen LogP contribution in [0.5, 0.6) is 0 Å². The van der Waals surface area contributed by atoms with Gasteiger partial charge in [-0.15, -0.1) is 0 Å². The predicted octanol–water partition coefficient (Wildman–Crippen LogP) is 3.21. The minimum Gasteiger partial charge on any atom is -0.361 e. The number of nitrogens with one attached hydrogen (secondary N) is 2. The number of hydrogen-bond donors (Lipinski definition) is 2. The maximum atomic E-state index is 12.8. The lowest BCUT2D eigenvalue weighted by Gasteiger charge is -2.05. The molecule has 1 amide bonds. The van der Waals surface area contributed by atoms with Gasteiger partial charge in [0, 0.05) is 23.6 Å². The van der Waals surface area contributed by atoms with Crippen molar-refractivity contribution in [2.24, 2.45) is 0 Å². The van der Waals surface area contributed by atoms with E-state index in [1.165, 1.54) is 23.1 Å². The van der Waals surface area contributed by atoms with Gasteiger partial charge in [0.05, 0.1) is 6.42 Å². The number of benzene rings is 2. The number of carbonyl (C=O) groups is 1. The summed E-state index contributed by atoms with van der Waals surface area (Å²) in [7, 11) is 0. The van der Waals surface area contributed by atoms with Crippen LogP contribution in [0.4, 0.5) is 4.39 Å². The molecule has 0 unspecified atom stereocenters. The number of amides is 1. The fraction of sp³-hybridized carbons (Fsp3) is 0.167. The van der Waals surface area contributed by atoms with Gasteiger partial charge in [-0.3, -0.25) is 4.79 Å². The molecule has 3 rings (SSSR count). The summed E-state index contributed by atoms with van der Waals surface area (Å²) in [5, 5.41) is 4.09. The average molecular weight is 296 g/mol. The van der Waals surface area contributed by atoms with Crippen molar-refractivity contribution < 1.29 is 9.18 Å². The van der Waals surface area contributed by atoms with E-state index in [1.54, 1.807) is 12.1 Å². The zero-order valence-corrected chi connectivity index (χ0v) is 12.1. The van der Waals surface area contributed by atoms with E-state index in [0.29, 0.717) is 6.54 Å². The maximum absolute atomic E-state index is 12.8. The molecular formula is C18H17FN2O. The molecule has 2 N–H and O–H groups in total. The smallest absolute Gasteiger partial charge is 0.224 e. The number of hydrogen-bond acceptors (Lipinski definition) is 1. The second-order valence-corrected chi connectivity index (χ2v) is 5.26. The van der Waals surface area contributed by atoms with Crippen molar-refractivity contribution in [2.75, 3.05) is 6.54 Å². The van der Waals surface area contributed by atoms with Crippen LogP contribution < -0.4 is 5.32 Å². The molecule has 0 spiro atoms. The Labute approximate surface area is 128 Å². The molecule has 0 saturated heterocycles. The standard InChI is InChI=1S/C18H17FN2O/c19-15-7-5-13(6-8-15)11-18(22)20-10-9-14-12-21-17-4-2-1-3-16(14)17/h1-8,12,21H,9-11H2,(H,20,22). The zero-order chi connectivity index (χ0) is 15.4. The minimum absolute atomic E-state index is 0.0496. The number of fused-ring (bicyclic) bond motifs is 1. The summed E-state index contributed by atoms with van der Waals surface area (Å²) in [5.74, 6) is -0.338. The molecule has 22 heavy (non-hydrogen) atoms. The van der Waals surface area contributed by atoms with Crippen LogP contribution in [0.25, 0.3) is 10.9 Å². The molecule has 2 aromatic carbocycles. The maximum Gasteiger partial charge on any atom is 0.224 e. The third-order valence-corrected chi connectivity index (χ3v) is 3.67. The molecule has 0 radical (unpaired) electrons. The molecule has 0 aliphatic heterocycles. The summed E-state index contributed by atoms with van der Waals surface area (Å²) in [5.41, 5.74) is 3.11. The third kappa shape index (κ3) is 3.34. The first kappa shape index (κ1) is 14.3. The summed E-state index contributed by atoms with van der Waals surface area (Å²) >= 11 is 0. The summed E-state index contributed by atoms with van der Waals surface area (Å²) in [6.45, 7) is 0.585. The predicted molar refractivity (Wildman–Crippen MR) is 85.1 cm³/mol. The molecule has 0 aliphatic rings. The Balaban J connectivity index is 1.52. The Morgan fingerprint density at radius 3 is 2.68 bits per heavy atom. The zero-order valence-electron chi connectivity index (χ0n) is 12.1. The van der Waals surface area contributed by atoms with Gasteiger partial charge in [-0.25, -0.2) is 4.39 Å². The monoisotopic (exact) mass is 296 g/mol. The molecule has 3 aromatic rings. The normalized spacial score (nSPS) is 10.8. The van der Waals surface area contributed by atoms with E-state index < -0.39 is 0 Å². The van der Waals surface area contributed by atoms with Crippen molar-refractivity contribution in [1.82, 2.24) is 10.3 Å². The summed E-state index contributed by atoms with van der Waals surface area (Å²) in [6, 6.07) is 14.1. The molecule has 3 nitrogen and oxygen atoms in total. The summed E-state index contributed by atoms with van der Waals surface area (Å²) in [6.07, 6.45) is 3.03. The van der Waals surface area contributed by atoms with Crippen LogP contribution in [0, 0.1) is 5.82 Å². The van der Waals surface area contributed by atoms with Gasteiger partial charge < -0.3 is 10.3 Å². The second-order valence-electron chi connectivity index (χ2n) is 5.26. The van der Waals surface area contributed by atoms with E-state index >= 15 is 0 Å². The fourth-order valence-electron chi connectivity index (χ4n) is 2.53. The molecule has 0 saturated carbocycles. The highest BCUT2D eigenvalue weighted by Gasteiger charge is 2.05. The van der Waals surface area contributed by atoms with Gasteiger partial charge in [0.1, 0.15) is 5.82 Å². The van der Waals surface area contributed by atoms with Crippen molar-refractivity contribution in [1.29, 1.82) is 0 Å². The Hall–Kier alpha value is -2.62. The van der Waals surface area contributed by atoms with E-state index in [9.17, 15) is 9.18 Å². The van der Waals surface area contributed by atoms with E-state index in [-0.39, 0.29) is 18.1 Å². The topological polar surface area (TPSA) is 44.9 Å². The second kappa shape index (κ2) is 6.43. The van der Waals surface area contributed by atoms with Gasteiger partial charge in [-0.1, -0.05) is 30.3 Å². The van der Waals surface area contributed by atoms with E-state index in [0.717, 1.165) is 17.5 Å². The Morgan fingerprint density at radius 1 is 1.09 bits per heavy atom. The number of rotatable bonds is 5. The van der Waals surface area contributed by atoms with Gasteiger partial charge in [0.2, 0.25) is 5.91 Å². The van der Waals surface area contributed by atoms with Crippen LogP contribution >= 0.6 is 0 Å². The summed E-state index contributed by atoms with van der Waals surface area (Å²) < 4.78 is 12.8. The molecule has 1 aromatic heterocycles. The van der Waals surface area contributed by atoms with Crippen LogP contribution in [0.1, 0.15) is 11.1 Å². The molecule has 0 fully saturated rings. The van der Waals surface area contributed by atoms with Crippen molar-refractivity contribution in [3.05, 3.63) is 71.7 Å². The molecule has 0 bridgehead atoms. The molecule has 0 atom stereocenters. The number of para-hydroxylation sites is 1. The van der Waals surface area contributed by atoms with Crippen molar-refractivity contribution in [2.45, 2.75) is 12.8 Å². The van der Waals surface area contributed by atoms with Gasteiger partial charge in [-0.05, 0) is 35.7 Å². The Kier molecular flexibility index (Phi) is 4.19. The van der Waals surface area contributed by atoms with E-state index in [4.69, 9.17) is 0 Å². The van der Waals surface area contributed by atoms with E-state index in [2.05, 4.69) is 16.4 Å². The quantitative estimate of drug-likeness (QED) is 0.746. The lowest BCUT2D eigenvalue weighted by Crippen LogP contribution is -2.27. The number of H-pyrrole nitrogens is 1. The highest BCUT2D eigenvalue weighted by molar-refractivity contribution is 5.83. The third-order valence-electron chi connectivity index (χ3n) is 3.67. The highest BCUT2D eigenvalue weighted by atomic mass is 19.1. The van der Waals surface area contributed by atoms with E-state index in [1.807, 2.05) is 24.4 Å². The highest BCUT2D eigenvalue weighted by Crippen LogP contribution is 2.17. The van der Waals surface area contributed by atoms with Crippen LogP contribution in [0.3, 0.4) is 0 Å². The lowest BCUT2D eigenvalue weighted by atomic mass is 10.1. The number of aromatic nitrogens is 1. The van der Waals surface area contributed by atoms with Crippen LogP contribution in [-0.2, 0) is 17.6 Å². The van der Waals surface area contributed by atoms with Crippen molar-refractivity contribution in [3.63, 3.8) is 0 Å². The largest absolute Gasteiger partial charge is 0.361 e. The van der Waals surface area contributed by atoms with Gasteiger partial charge in [-0.2, -0.15) is 0 Å². The number of carbonyl (C=O) groups excluding carboxylic acids is 1. The number of aromatic amines is 1. The Morgan fingerprint density at radius 2 is 1.86 bits per heavy atom. The van der Waals surface area contributed by atoms with Gasteiger partial charge in [0.15, 0.2) is 0 Å². The molecule has 0 aliphatic carbocycles. The average Bonchev–Trinajstić information content (AvgIpc) is 2.93. The van der Waals surface area contributed by atoms with Crippen molar-refractivity contribution in [3.8, 4) is 0 Å². The number of halogens is 1. The molecule has 4 heteroatoms.